The molecule has 1 aromatic carbocycles. The lowest BCUT2D eigenvalue weighted by Gasteiger charge is -2.17. The summed E-state index contributed by atoms with van der Waals surface area (Å²) in [6.45, 7) is 2.05. The van der Waals surface area contributed by atoms with Gasteiger partial charge in [-0.05, 0) is 12.5 Å². The highest BCUT2D eigenvalue weighted by molar-refractivity contribution is 7.13. The third-order valence-corrected chi connectivity index (χ3v) is 4.81. The highest BCUT2D eigenvalue weighted by Crippen LogP contribution is 2.23. The van der Waals surface area contributed by atoms with Crippen molar-refractivity contribution in [3.63, 3.8) is 0 Å². The van der Waals surface area contributed by atoms with E-state index in [0.29, 0.717) is 0 Å². The maximum atomic E-state index is 12.4. The highest BCUT2D eigenvalue weighted by Gasteiger charge is 2.17. The monoisotopic (exact) mass is 340 g/mol. The van der Waals surface area contributed by atoms with Crippen LogP contribution in [0.4, 0.5) is 0 Å². The second-order valence-corrected chi connectivity index (χ2v) is 6.45. The number of hydrogen-bond donors (Lipinski definition) is 1. The largest absolute Gasteiger partial charge is 0.347 e. The molecule has 3 rings (SSSR count). The Morgan fingerprint density at radius 1 is 1.29 bits per heavy atom. The lowest BCUT2D eigenvalue weighted by molar-refractivity contribution is -0.121. The Kier molecular flexibility index (Phi) is 5.05. The number of benzene rings is 1. The molecular formula is C18H20N4OS. The van der Waals surface area contributed by atoms with E-state index in [1.165, 1.54) is 0 Å². The number of hydrogen-bond acceptors (Lipinski definition) is 4. The number of thiazole rings is 1. The van der Waals surface area contributed by atoms with Gasteiger partial charge >= 0.3 is 0 Å². The predicted octanol–water partition coefficient (Wildman–Crippen LogP) is 3.35. The van der Waals surface area contributed by atoms with Gasteiger partial charge in [-0.15, -0.1) is 11.3 Å². The maximum Gasteiger partial charge on any atom is 0.226 e. The van der Waals surface area contributed by atoms with Crippen molar-refractivity contribution in [2.45, 2.75) is 25.8 Å². The minimum absolute atomic E-state index is 0.0204. The van der Waals surface area contributed by atoms with Gasteiger partial charge in [0.15, 0.2) is 0 Å². The number of amides is 1. The quantitative estimate of drug-likeness (QED) is 0.748. The average Bonchev–Trinajstić information content (AvgIpc) is 3.23. The molecule has 1 atom stereocenters. The fourth-order valence-corrected chi connectivity index (χ4v) is 3.45. The Balaban J connectivity index is 1.65. The first-order valence-electron chi connectivity index (χ1n) is 7.94. The van der Waals surface area contributed by atoms with Crippen LogP contribution in [0.3, 0.4) is 0 Å². The summed E-state index contributed by atoms with van der Waals surface area (Å²) in [6, 6.07) is 11.9. The lowest BCUT2D eigenvalue weighted by Crippen LogP contribution is -2.30. The van der Waals surface area contributed by atoms with Crippen molar-refractivity contribution in [2.75, 3.05) is 0 Å². The smallest absolute Gasteiger partial charge is 0.226 e. The summed E-state index contributed by atoms with van der Waals surface area (Å²) in [7, 11) is 1.89. The zero-order valence-corrected chi connectivity index (χ0v) is 14.6. The van der Waals surface area contributed by atoms with E-state index in [0.717, 1.165) is 28.4 Å². The summed E-state index contributed by atoms with van der Waals surface area (Å²) in [5.41, 5.74) is 2.89. The summed E-state index contributed by atoms with van der Waals surface area (Å²) in [5, 5.41) is 10.1. The normalized spacial score (nSPS) is 12.1. The molecule has 5 nitrogen and oxygen atoms in total. The van der Waals surface area contributed by atoms with Gasteiger partial charge in [0.1, 0.15) is 5.01 Å². The molecular weight excluding hydrogens is 320 g/mol. The van der Waals surface area contributed by atoms with Crippen molar-refractivity contribution in [3.8, 4) is 10.6 Å². The number of nitrogens with zero attached hydrogens (tertiary/aromatic N) is 3. The zero-order chi connectivity index (χ0) is 16.9. The average molecular weight is 340 g/mol. The molecule has 1 amide bonds. The van der Waals surface area contributed by atoms with E-state index in [9.17, 15) is 4.79 Å². The number of aromatic nitrogens is 3. The zero-order valence-electron chi connectivity index (χ0n) is 13.8. The number of carbonyl (C=O) groups is 1. The standard InChI is InChI=1S/C18H20N4OS/c1-3-15(16-9-10-19-22(16)2)21-17(23)11-14-12-24-18(20-14)13-7-5-4-6-8-13/h4-10,12,15H,3,11H2,1-2H3,(H,21,23)/t15-/m1/s1. The summed E-state index contributed by atoms with van der Waals surface area (Å²) in [5.74, 6) is -0.0204. The van der Waals surface area contributed by atoms with Crippen molar-refractivity contribution < 1.29 is 4.79 Å². The van der Waals surface area contributed by atoms with Crippen LogP contribution >= 0.6 is 11.3 Å². The van der Waals surface area contributed by atoms with Crippen LogP contribution in [-0.2, 0) is 18.3 Å². The number of carbonyl (C=O) groups excluding carboxylic acids is 1. The first-order chi connectivity index (χ1) is 11.7. The maximum absolute atomic E-state index is 12.4. The Morgan fingerprint density at radius 3 is 2.75 bits per heavy atom. The van der Waals surface area contributed by atoms with E-state index in [2.05, 4.69) is 15.4 Å². The van der Waals surface area contributed by atoms with Crippen LogP contribution in [0.2, 0.25) is 0 Å². The van der Waals surface area contributed by atoms with Crippen molar-refractivity contribution in [3.05, 3.63) is 59.4 Å². The first kappa shape index (κ1) is 16.4. The van der Waals surface area contributed by atoms with Crippen molar-refractivity contribution >= 4 is 17.2 Å². The Hall–Kier alpha value is -2.47. The van der Waals surface area contributed by atoms with Gasteiger partial charge in [-0.1, -0.05) is 37.3 Å². The highest BCUT2D eigenvalue weighted by atomic mass is 32.1. The molecule has 0 aliphatic carbocycles. The van der Waals surface area contributed by atoms with E-state index >= 15 is 0 Å². The molecule has 2 heterocycles. The number of aryl methyl sites for hydroxylation is 1. The van der Waals surface area contributed by atoms with Crippen LogP contribution in [0.1, 0.15) is 30.8 Å². The molecule has 3 aromatic rings. The molecule has 0 radical (unpaired) electrons. The van der Waals surface area contributed by atoms with Gasteiger partial charge < -0.3 is 5.32 Å². The Labute approximate surface area is 145 Å². The van der Waals surface area contributed by atoms with Gasteiger partial charge in [-0.2, -0.15) is 5.10 Å². The number of nitrogens with one attached hydrogen (secondary N) is 1. The van der Waals surface area contributed by atoms with Crippen LogP contribution in [-0.4, -0.2) is 20.7 Å². The molecule has 1 N–H and O–H groups in total. The van der Waals surface area contributed by atoms with E-state index in [1.54, 1.807) is 22.2 Å². The Bertz CT molecular complexity index is 809. The second kappa shape index (κ2) is 7.40. The topological polar surface area (TPSA) is 59.8 Å². The van der Waals surface area contributed by atoms with E-state index in [4.69, 9.17) is 0 Å². The van der Waals surface area contributed by atoms with Gasteiger partial charge in [-0.25, -0.2) is 4.98 Å². The van der Waals surface area contributed by atoms with Gasteiger partial charge in [0.25, 0.3) is 0 Å². The van der Waals surface area contributed by atoms with Crippen LogP contribution in [0.25, 0.3) is 10.6 Å². The fraction of sp³-hybridized carbons (Fsp3) is 0.278. The van der Waals surface area contributed by atoms with Crippen LogP contribution in [0.5, 0.6) is 0 Å². The molecule has 24 heavy (non-hydrogen) atoms. The molecule has 0 spiro atoms. The number of rotatable bonds is 6. The third kappa shape index (κ3) is 3.71. The van der Waals surface area contributed by atoms with Gasteiger partial charge in [0.05, 0.1) is 23.9 Å². The van der Waals surface area contributed by atoms with Crippen LogP contribution in [0.15, 0.2) is 48.0 Å². The predicted molar refractivity (Wildman–Crippen MR) is 95.6 cm³/mol. The molecule has 2 aromatic heterocycles. The minimum Gasteiger partial charge on any atom is -0.347 e. The summed E-state index contributed by atoms with van der Waals surface area (Å²) in [6.07, 6.45) is 2.85. The molecule has 124 valence electrons. The van der Waals surface area contributed by atoms with Crippen molar-refractivity contribution in [2.24, 2.45) is 7.05 Å². The van der Waals surface area contributed by atoms with Crippen LogP contribution < -0.4 is 5.32 Å². The molecule has 0 saturated carbocycles. The van der Waals surface area contributed by atoms with Gasteiger partial charge in [0, 0.05) is 24.2 Å². The SMILES string of the molecule is CC[C@@H](NC(=O)Cc1csc(-c2ccccc2)n1)c1ccnn1C. The van der Waals surface area contributed by atoms with E-state index in [-0.39, 0.29) is 18.4 Å². The first-order valence-corrected chi connectivity index (χ1v) is 8.82. The molecule has 0 fully saturated rings. The summed E-state index contributed by atoms with van der Waals surface area (Å²) < 4.78 is 1.80. The lowest BCUT2D eigenvalue weighted by atomic mass is 10.1. The van der Waals surface area contributed by atoms with Gasteiger partial charge in [-0.3, -0.25) is 9.48 Å². The van der Waals surface area contributed by atoms with Crippen molar-refractivity contribution in [1.29, 1.82) is 0 Å². The molecule has 0 aliphatic heterocycles. The third-order valence-electron chi connectivity index (χ3n) is 3.87. The minimum atomic E-state index is -0.0303. The molecule has 6 heteroatoms. The fourth-order valence-electron chi connectivity index (χ4n) is 2.62. The molecule has 0 saturated heterocycles. The molecule has 0 unspecified atom stereocenters. The van der Waals surface area contributed by atoms with Gasteiger partial charge in [0.2, 0.25) is 5.91 Å². The Morgan fingerprint density at radius 2 is 2.08 bits per heavy atom. The summed E-state index contributed by atoms with van der Waals surface area (Å²) in [4.78, 5) is 16.9. The second-order valence-electron chi connectivity index (χ2n) is 5.59. The molecule has 0 bridgehead atoms. The van der Waals surface area contributed by atoms with Crippen molar-refractivity contribution in [1.82, 2.24) is 20.1 Å². The van der Waals surface area contributed by atoms with Crippen LogP contribution in [0, 0.1) is 0 Å². The molecule has 0 aliphatic rings. The van der Waals surface area contributed by atoms with E-state index in [1.807, 2.05) is 55.7 Å². The summed E-state index contributed by atoms with van der Waals surface area (Å²) >= 11 is 1.56. The van der Waals surface area contributed by atoms with E-state index < -0.39 is 0 Å².